The van der Waals surface area contributed by atoms with Gasteiger partial charge in [0.05, 0.1) is 0 Å². The Morgan fingerprint density at radius 2 is 2.21 bits per heavy atom. The topological polar surface area (TPSA) is 69.8 Å². The first-order chi connectivity index (χ1) is 14.3. The predicted molar refractivity (Wildman–Crippen MR) is 118 cm³/mol. The molecule has 0 radical (unpaired) electrons. The van der Waals surface area contributed by atoms with Crippen molar-refractivity contribution in [2.75, 3.05) is 26.2 Å². The summed E-state index contributed by atoms with van der Waals surface area (Å²) < 4.78 is 1.98. The minimum Gasteiger partial charge on any atom is -0.357 e. The van der Waals surface area contributed by atoms with Gasteiger partial charge in [0.2, 0.25) is 0 Å². The van der Waals surface area contributed by atoms with E-state index >= 15 is 0 Å². The highest BCUT2D eigenvalue weighted by Gasteiger charge is 2.20. The Morgan fingerprint density at radius 3 is 3.07 bits per heavy atom. The molecule has 7 nitrogen and oxygen atoms in total. The molecule has 1 fully saturated rings. The average Bonchev–Trinajstić information content (AvgIpc) is 3.40. The van der Waals surface area contributed by atoms with E-state index in [9.17, 15) is 0 Å². The van der Waals surface area contributed by atoms with Crippen molar-refractivity contribution in [3.63, 3.8) is 0 Å². The zero-order valence-corrected chi connectivity index (χ0v) is 17.7. The first-order valence-electron chi connectivity index (χ1n) is 10.4. The van der Waals surface area contributed by atoms with Gasteiger partial charge in [0.25, 0.3) is 0 Å². The van der Waals surface area contributed by atoms with Crippen molar-refractivity contribution < 1.29 is 0 Å². The van der Waals surface area contributed by atoms with Crippen LogP contribution in [0.2, 0.25) is 0 Å². The number of pyridine rings is 1. The quantitative estimate of drug-likeness (QED) is 0.462. The molecule has 4 rings (SSSR count). The summed E-state index contributed by atoms with van der Waals surface area (Å²) in [5, 5.41) is 17.5. The Morgan fingerprint density at radius 1 is 1.24 bits per heavy atom. The Hall–Kier alpha value is -2.45. The van der Waals surface area contributed by atoms with E-state index in [2.05, 4.69) is 50.2 Å². The summed E-state index contributed by atoms with van der Waals surface area (Å²) in [7, 11) is 0. The van der Waals surface area contributed by atoms with Gasteiger partial charge in [-0.2, -0.15) is 0 Å². The molecule has 0 saturated carbocycles. The molecule has 0 amide bonds. The zero-order valence-electron chi connectivity index (χ0n) is 16.9. The van der Waals surface area contributed by atoms with Crippen LogP contribution in [0.1, 0.15) is 30.5 Å². The molecule has 2 N–H and O–H groups in total. The van der Waals surface area contributed by atoms with Gasteiger partial charge in [-0.25, -0.2) is 4.99 Å². The molecule has 1 aliphatic heterocycles. The molecule has 3 aromatic rings. The molecular formula is C21H29N7S. The molecule has 3 aromatic heterocycles. The first-order valence-corrected chi connectivity index (χ1v) is 11.3. The molecule has 1 aliphatic rings. The lowest BCUT2D eigenvalue weighted by atomic mass is 9.98. The van der Waals surface area contributed by atoms with Crippen LogP contribution in [0.25, 0.3) is 5.65 Å². The maximum absolute atomic E-state index is 4.73. The van der Waals surface area contributed by atoms with Crippen molar-refractivity contribution >= 4 is 22.9 Å². The van der Waals surface area contributed by atoms with E-state index in [-0.39, 0.29) is 0 Å². The van der Waals surface area contributed by atoms with Crippen molar-refractivity contribution in [2.24, 2.45) is 10.9 Å². The maximum atomic E-state index is 4.73. The minimum atomic E-state index is 0.496. The largest absolute Gasteiger partial charge is 0.357 e. The van der Waals surface area contributed by atoms with Gasteiger partial charge < -0.3 is 10.6 Å². The van der Waals surface area contributed by atoms with E-state index in [1.165, 1.54) is 24.3 Å². The van der Waals surface area contributed by atoms with E-state index in [0.29, 0.717) is 12.5 Å². The highest BCUT2D eigenvalue weighted by atomic mass is 32.1. The van der Waals surface area contributed by atoms with Crippen molar-refractivity contribution in [1.29, 1.82) is 0 Å². The molecule has 1 saturated heterocycles. The van der Waals surface area contributed by atoms with Gasteiger partial charge in [-0.05, 0) is 55.8 Å². The van der Waals surface area contributed by atoms with Crippen molar-refractivity contribution in [2.45, 2.75) is 32.9 Å². The number of aromatic nitrogens is 3. The molecule has 154 valence electrons. The first kappa shape index (κ1) is 19.8. The van der Waals surface area contributed by atoms with Gasteiger partial charge >= 0.3 is 0 Å². The van der Waals surface area contributed by atoms with Gasteiger partial charge in [-0.3, -0.25) is 9.30 Å². The average molecular weight is 412 g/mol. The van der Waals surface area contributed by atoms with Crippen LogP contribution in [0.5, 0.6) is 0 Å². The van der Waals surface area contributed by atoms with Crippen LogP contribution in [0.4, 0.5) is 0 Å². The third-order valence-corrected chi connectivity index (χ3v) is 6.09. The Labute approximate surface area is 175 Å². The van der Waals surface area contributed by atoms with E-state index < -0.39 is 0 Å². The number of likely N-dealkylation sites (tertiary alicyclic amines) is 1. The van der Waals surface area contributed by atoms with Gasteiger partial charge in [0.1, 0.15) is 6.54 Å². The van der Waals surface area contributed by atoms with E-state index in [1.54, 1.807) is 0 Å². The SMILES string of the molecule is CCNC(=NCc1nnc2ccccn12)NCC1CCCN(Cc2cccs2)C1. The number of hydrogen-bond acceptors (Lipinski definition) is 5. The number of fused-ring (bicyclic) bond motifs is 1. The highest BCUT2D eigenvalue weighted by Crippen LogP contribution is 2.20. The highest BCUT2D eigenvalue weighted by molar-refractivity contribution is 7.09. The van der Waals surface area contributed by atoms with Crippen LogP contribution < -0.4 is 10.6 Å². The monoisotopic (exact) mass is 411 g/mol. The number of nitrogens with one attached hydrogen (secondary N) is 2. The summed E-state index contributed by atoms with van der Waals surface area (Å²) >= 11 is 1.85. The number of aliphatic imine (C=N–C) groups is 1. The van der Waals surface area contributed by atoms with Crippen LogP contribution in [0.15, 0.2) is 46.9 Å². The fourth-order valence-corrected chi connectivity index (χ4v) is 4.56. The Kier molecular flexibility index (Phi) is 6.74. The van der Waals surface area contributed by atoms with Crippen molar-refractivity contribution in [3.8, 4) is 0 Å². The number of nitrogens with zero attached hydrogens (tertiary/aromatic N) is 5. The lowest BCUT2D eigenvalue weighted by molar-refractivity contribution is 0.169. The third kappa shape index (κ3) is 5.33. The number of piperidine rings is 1. The summed E-state index contributed by atoms with van der Waals surface area (Å²) in [6.07, 6.45) is 4.50. The predicted octanol–water partition coefficient (Wildman–Crippen LogP) is 2.76. The summed E-state index contributed by atoms with van der Waals surface area (Å²) in [5.41, 5.74) is 0.851. The van der Waals surface area contributed by atoms with Crippen LogP contribution in [0.3, 0.4) is 0 Å². The van der Waals surface area contributed by atoms with E-state index in [0.717, 1.165) is 43.6 Å². The smallest absolute Gasteiger partial charge is 0.191 e. The standard InChI is InChI=1S/C21H29N7S/c1-2-22-21(24-14-20-26-25-19-9-3-4-11-28(19)20)23-13-17-7-5-10-27(15-17)16-18-8-6-12-29-18/h3-4,6,8-9,11-12,17H,2,5,7,10,13-16H2,1H3,(H2,22,23,24). The number of hydrogen-bond donors (Lipinski definition) is 2. The molecule has 1 atom stereocenters. The second-order valence-electron chi connectivity index (χ2n) is 7.44. The summed E-state index contributed by atoms with van der Waals surface area (Å²) in [5.74, 6) is 2.33. The van der Waals surface area contributed by atoms with Crippen molar-refractivity contribution in [3.05, 3.63) is 52.6 Å². The number of rotatable bonds is 7. The van der Waals surface area contributed by atoms with Crippen LogP contribution >= 0.6 is 11.3 Å². The normalized spacial score (nSPS) is 18.2. The fraction of sp³-hybridized carbons (Fsp3) is 0.476. The second kappa shape index (κ2) is 9.84. The lowest BCUT2D eigenvalue weighted by Gasteiger charge is -2.32. The molecule has 0 aromatic carbocycles. The van der Waals surface area contributed by atoms with Crippen molar-refractivity contribution in [1.82, 2.24) is 30.1 Å². The molecule has 29 heavy (non-hydrogen) atoms. The summed E-state index contributed by atoms with van der Waals surface area (Å²) in [6.45, 7) is 7.77. The molecule has 0 aliphatic carbocycles. The van der Waals surface area contributed by atoms with Gasteiger partial charge in [-0.1, -0.05) is 12.1 Å². The Bertz CT molecular complexity index is 918. The van der Waals surface area contributed by atoms with Gasteiger partial charge in [0, 0.05) is 37.3 Å². The van der Waals surface area contributed by atoms with Crippen LogP contribution in [0, 0.1) is 5.92 Å². The van der Waals surface area contributed by atoms with E-state index in [4.69, 9.17) is 4.99 Å². The fourth-order valence-electron chi connectivity index (χ4n) is 3.82. The van der Waals surface area contributed by atoms with Gasteiger partial charge in [0.15, 0.2) is 17.4 Å². The molecule has 4 heterocycles. The lowest BCUT2D eigenvalue weighted by Crippen LogP contribution is -2.44. The van der Waals surface area contributed by atoms with Gasteiger partial charge in [-0.15, -0.1) is 21.5 Å². The second-order valence-corrected chi connectivity index (χ2v) is 8.48. The Balaban J connectivity index is 1.32. The van der Waals surface area contributed by atoms with Crippen LogP contribution in [-0.4, -0.2) is 51.6 Å². The summed E-state index contributed by atoms with van der Waals surface area (Å²) in [6, 6.07) is 10.3. The minimum absolute atomic E-state index is 0.496. The molecule has 1 unspecified atom stereocenters. The molecular weight excluding hydrogens is 382 g/mol. The number of guanidine groups is 1. The van der Waals surface area contributed by atoms with E-state index in [1.807, 2.05) is 40.1 Å². The molecule has 0 bridgehead atoms. The third-order valence-electron chi connectivity index (χ3n) is 5.23. The molecule has 0 spiro atoms. The number of thiophene rings is 1. The zero-order chi connectivity index (χ0) is 19.9. The molecule has 8 heteroatoms. The maximum Gasteiger partial charge on any atom is 0.191 e. The summed E-state index contributed by atoms with van der Waals surface area (Å²) in [4.78, 5) is 8.76. The van der Waals surface area contributed by atoms with Crippen LogP contribution in [-0.2, 0) is 13.1 Å².